The Morgan fingerprint density at radius 3 is 2.65 bits per heavy atom. The quantitative estimate of drug-likeness (QED) is 0.678. The first-order chi connectivity index (χ1) is 10.9. The Balaban J connectivity index is 2.18. The average molecular weight is 322 g/mol. The first kappa shape index (κ1) is 16.3. The van der Waals surface area contributed by atoms with Gasteiger partial charge in [-0.3, -0.25) is 14.9 Å². The summed E-state index contributed by atoms with van der Waals surface area (Å²) in [7, 11) is 1.36. The molecule has 120 valence electrons. The number of carbonyl (C=O) groups excluding carboxylic acids is 1. The van der Waals surface area contributed by atoms with Crippen molar-refractivity contribution >= 4 is 11.6 Å². The molecule has 0 aliphatic heterocycles. The van der Waals surface area contributed by atoms with Crippen LogP contribution in [0.3, 0.4) is 0 Å². The summed E-state index contributed by atoms with van der Waals surface area (Å²) in [6, 6.07) is 6.97. The molecule has 0 aromatic heterocycles. The van der Waals surface area contributed by atoms with Crippen LogP contribution >= 0.6 is 0 Å². The fraction of sp³-hybridized carbons (Fsp3) is 0.133. The van der Waals surface area contributed by atoms with Crippen LogP contribution < -0.4 is 10.1 Å². The number of hydrogen-bond acceptors (Lipinski definition) is 4. The van der Waals surface area contributed by atoms with Gasteiger partial charge >= 0.3 is 5.69 Å². The fourth-order valence-electron chi connectivity index (χ4n) is 1.97. The molecule has 2 aromatic carbocycles. The molecule has 0 spiro atoms. The van der Waals surface area contributed by atoms with E-state index in [-0.39, 0.29) is 23.4 Å². The van der Waals surface area contributed by atoms with E-state index in [1.165, 1.54) is 25.3 Å². The molecular formula is C15H12F2N2O4. The Hall–Kier alpha value is -3.03. The number of rotatable bonds is 5. The van der Waals surface area contributed by atoms with Crippen molar-refractivity contribution in [2.75, 3.05) is 7.11 Å². The molecule has 0 fully saturated rings. The Kier molecular flexibility index (Phi) is 4.85. The molecule has 0 unspecified atom stereocenters. The molecule has 0 saturated carbocycles. The van der Waals surface area contributed by atoms with Gasteiger partial charge in [0.2, 0.25) is 5.82 Å². The van der Waals surface area contributed by atoms with Crippen LogP contribution in [0.15, 0.2) is 36.4 Å². The lowest BCUT2D eigenvalue weighted by Gasteiger charge is -2.10. The predicted molar refractivity (Wildman–Crippen MR) is 77.2 cm³/mol. The largest absolute Gasteiger partial charge is 0.496 e. The third-order valence-electron chi connectivity index (χ3n) is 3.13. The van der Waals surface area contributed by atoms with Gasteiger partial charge in [-0.25, -0.2) is 4.39 Å². The van der Waals surface area contributed by atoms with E-state index in [2.05, 4.69) is 5.32 Å². The van der Waals surface area contributed by atoms with Crippen molar-refractivity contribution in [1.29, 1.82) is 0 Å². The lowest BCUT2D eigenvalue weighted by molar-refractivity contribution is -0.387. The van der Waals surface area contributed by atoms with Gasteiger partial charge in [0.05, 0.1) is 12.0 Å². The summed E-state index contributed by atoms with van der Waals surface area (Å²) in [5, 5.41) is 13.1. The molecule has 0 heterocycles. The van der Waals surface area contributed by atoms with E-state index >= 15 is 0 Å². The van der Waals surface area contributed by atoms with Crippen LogP contribution in [0.2, 0.25) is 0 Å². The molecular weight excluding hydrogens is 310 g/mol. The molecule has 8 heteroatoms. The molecule has 0 radical (unpaired) electrons. The Bertz CT molecular complexity index is 765. The van der Waals surface area contributed by atoms with Crippen LogP contribution in [-0.4, -0.2) is 17.9 Å². The van der Waals surface area contributed by atoms with Gasteiger partial charge in [0.1, 0.15) is 11.6 Å². The number of nitro benzene ring substituents is 1. The summed E-state index contributed by atoms with van der Waals surface area (Å²) in [6.07, 6.45) is 0. The van der Waals surface area contributed by atoms with Gasteiger partial charge in [0.15, 0.2) is 0 Å². The molecule has 0 aliphatic rings. The van der Waals surface area contributed by atoms with E-state index in [9.17, 15) is 23.7 Å². The zero-order valence-electron chi connectivity index (χ0n) is 12.0. The van der Waals surface area contributed by atoms with Crippen LogP contribution in [0, 0.1) is 21.7 Å². The second-order valence-electron chi connectivity index (χ2n) is 4.53. The van der Waals surface area contributed by atoms with E-state index in [1.807, 2.05) is 0 Å². The maximum absolute atomic E-state index is 13.7. The molecule has 1 N–H and O–H groups in total. The molecule has 23 heavy (non-hydrogen) atoms. The maximum atomic E-state index is 13.7. The van der Waals surface area contributed by atoms with Gasteiger partial charge in [0.25, 0.3) is 5.91 Å². The number of amides is 1. The average Bonchev–Trinajstić information content (AvgIpc) is 2.53. The van der Waals surface area contributed by atoms with Crippen LogP contribution in [0.5, 0.6) is 5.75 Å². The maximum Gasteiger partial charge on any atom is 0.305 e. The second-order valence-corrected chi connectivity index (χ2v) is 4.53. The summed E-state index contributed by atoms with van der Waals surface area (Å²) in [4.78, 5) is 21.7. The van der Waals surface area contributed by atoms with E-state index in [4.69, 9.17) is 4.74 Å². The molecule has 2 rings (SSSR count). The van der Waals surface area contributed by atoms with Crippen molar-refractivity contribution in [2.45, 2.75) is 6.54 Å². The number of nitrogens with one attached hydrogen (secondary N) is 1. The van der Waals surface area contributed by atoms with Gasteiger partial charge in [0, 0.05) is 23.7 Å². The highest BCUT2D eigenvalue weighted by Crippen LogP contribution is 2.22. The van der Waals surface area contributed by atoms with Gasteiger partial charge in [-0.15, -0.1) is 0 Å². The molecule has 0 atom stereocenters. The third-order valence-corrected chi connectivity index (χ3v) is 3.13. The Morgan fingerprint density at radius 1 is 1.26 bits per heavy atom. The lowest BCUT2D eigenvalue weighted by Crippen LogP contribution is -2.23. The lowest BCUT2D eigenvalue weighted by atomic mass is 10.1. The molecule has 1 amide bonds. The van der Waals surface area contributed by atoms with Crippen molar-refractivity contribution < 1.29 is 23.2 Å². The van der Waals surface area contributed by atoms with E-state index < -0.39 is 28.2 Å². The normalized spacial score (nSPS) is 10.2. The number of nitrogens with zero attached hydrogens (tertiary/aromatic N) is 1. The van der Waals surface area contributed by atoms with E-state index in [1.54, 1.807) is 0 Å². The van der Waals surface area contributed by atoms with Gasteiger partial charge in [-0.05, 0) is 24.3 Å². The highest BCUT2D eigenvalue weighted by Gasteiger charge is 2.18. The standard InChI is InChI=1S/C15H12F2N2O4/c1-23-14-4-2-3-11(16)10(14)8-18-15(20)9-5-6-12(17)13(7-9)19(21)22/h2-7H,8H2,1H3,(H,18,20). The predicted octanol–water partition coefficient (Wildman–Crippen LogP) is 2.81. The number of hydrogen-bond donors (Lipinski definition) is 1. The molecule has 0 bridgehead atoms. The monoisotopic (exact) mass is 322 g/mol. The van der Waals surface area contributed by atoms with Crippen LogP contribution in [0.25, 0.3) is 0 Å². The smallest absolute Gasteiger partial charge is 0.305 e. The zero-order chi connectivity index (χ0) is 17.0. The van der Waals surface area contributed by atoms with Crippen molar-refractivity contribution in [3.05, 3.63) is 69.3 Å². The van der Waals surface area contributed by atoms with Crippen molar-refractivity contribution in [3.63, 3.8) is 0 Å². The van der Waals surface area contributed by atoms with Gasteiger partial charge in [-0.2, -0.15) is 4.39 Å². The minimum Gasteiger partial charge on any atom is -0.496 e. The molecule has 2 aromatic rings. The van der Waals surface area contributed by atoms with Crippen molar-refractivity contribution in [2.24, 2.45) is 0 Å². The van der Waals surface area contributed by atoms with Gasteiger partial charge < -0.3 is 10.1 Å². The summed E-state index contributed by atoms with van der Waals surface area (Å²) in [5.41, 5.74) is -0.769. The molecule has 6 nitrogen and oxygen atoms in total. The number of ether oxygens (including phenoxy) is 1. The number of methoxy groups -OCH3 is 1. The fourth-order valence-corrected chi connectivity index (χ4v) is 1.97. The summed E-state index contributed by atoms with van der Waals surface area (Å²) in [5.74, 6) is -2.04. The zero-order valence-corrected chi connectivity index (χ0v) is 12.0. The second kappa shape index (κ2) is 6.82. The number of benzene rings is 2. The molecule has 0 saturated heterocycles. The summed E-state index contributed by atoms with van der Waals surface area (Å²) >= 11 is 0. The Labute approximate surface area is 129 Å². The first-order valence-electron chi connectivity index (χ1n) is 6.47. The van der Waals surface area contributed by atoms with Crippen molar-refractivity contribution in [3.8, 4) is 5.75 Å². The van der Waals surface area contributed by atoms with Gasteiger partial charge in [-0.1, -0.05) is 6.07 Å². The highest BCUT2D eigenvalue weighted by atomic mass is 19.1. The number of carbonyl (C=O) groups is 1. The van der Waals surface area contributed by atoms with Crippen molar-refractivity contribution in [1.82, 2.24) is 5.32 Å². The van der Waals surface area contributed by atoms with Crippen LogP contribution in [0.1, 0.15) is 15.9 Å². The summed E-state index contributed by atoms with van der Waals surface area (Å²) < 4.78 is 32.0. The first-order valence-corrected chi connectivity index (χ1v) is 6.47. The topological polar surface area (TPSA) is 81.5 Å². The van der Waals surface area contributed by atoms with E-state index in [0.717, 1.165) is 18.2 Å². The van der Waals surface area contributed by atoms with Crippen LogP contribution in [-0.2, 0) is 6.54 Å². The highest BCUT2D eigenvalue weighted by molar-refractivity contribution is 5.94. The Morgan fingerprint density at radius 2 is 2.00 bits per heavy atom. The number of halogens is 2. The number of nitro groups is 1. The minimum absolute atomic E-state index is 0.103. The SMILES string of the molecule is COc1cccc(F)c1CNC(=O)c1ccc(F)c([N+](=O)[O-])c1. The summed E-state index contributed by atoms with van der Waals surface area (Å²) in [6.45, 7) is -0.181. The van der Waals surface area contributed by atoms with E-state index in [0.29, 0.717) is 0 Å². The van der Waals surface area contributed by atoms with Crippen LogP contribution in [0.4, 0.5) is 14.5 Å². The third kappa shape index (κ3) is 3.60. The molecule has 0 aliphatic carbocycles. The minimum atomic E-state index is -1.04.